The zero-order valence-corrected chi connectivity index (χ0v) is 12.8. The molecule has 0 spiro atoms. The number of anilines is 1. The molecule has 112 valence electrons. The Morgan fingerprint density at radius 3 is 2.50 bits per heavy atom. The van der Waals surface area contributed by atoms with Gasteiger partial charge in [-0.25, -0.2) is 0 Å². The van der Waals surface area contributed by atoms with E-state index < -0.39 is 0 Å². The van der Waals surface area contributed by atoms with Crippen LogP contribution in [0.25, 0.3) is 0 Å². The fourth-order valence-electron chi connectivity index (χ4n) is 2.73. The Kier molecular flexibility index (Phi) is 4.25. The summed E-state index contributed by atoms with van der Waals surface area (Å²) >= 11 is 5.81. The molecule has 0 saturated heterocycles. The molecule has 0 aliphatic carbocycles. The molecule has 0 atom stereocenters. The highest BCUT2D eigenvalue weighted by molar-refractivity contribution is 6.30. The molecular weight excluding hydrogens is 298 g/mol. The van der Waals surface area contributed by atoms with Gasteiger partial charge in [0.05, 0.1) is 0 Å². The van der Waals surface area contributed by atoms with E-state index in [0.29, 0.717) is 17.1 Å². The zero-order valence-electron chi connectivity index (χ0n) is 12.1. The molecule has 1 amide bonds. The van der Waals surface area contributed by atoms with Crippen LogP contribution in [0.4, 0.5) is 5.69 Å². The molecule has 0 aromatic heterocycles. The second-order valence-electron chi connectivity index (χ2n) is 5.35. The van der Waals surface area contributed by atoms with E-state index in [4.69, 9.17) is 11.6 Å². The summed E-state index contributed by atoms with van der Waals surface area (Å²) in [4.78, 5) is 26.2. The van der Waals surface area contributed by atoms with E-state index in [1.807, 2.05) is 24.3 Å². The summed E-state index contributed by atoms with van der Waals surface area (Å²) < 4.78 is 0. The molecule has 0 saturated carbocycles. The smallest absolute Gasteiger partial charge is 0.227 e. The van der Waals surface area contributed by atoms with Gasteiger partial charge in [-0.15, -0.1) is 0 Å². The molecule has 3 nitrogen and oxygen atoms in total. The molecule has 1 aliphatic rings. The maximum atomic E-state index is 12.4. The van der Waals surface area contributed by atoms with Crippen molar-refractivity contribution in [3.05, 3.63) is 64.7 Å². The highest BCUT2D eigenvalue weighted by atomic mass is 35.5. The van der Waals surface area contributed by atoms with Crippen molar-refractivity contribution in [3.63, 3.8) is 0 Å². The first kappa shape index (κ1) is 14.8. The molecule has 2 aromatic rings. The molecule has 0 radical (unpaired) electrons. The lowest BCUT2D eigenvalue weighted by Gasteiger charge is -2.17. The minimum absolute atomic E-state index is 0.00673. The topological polar surface area (TPSA) is 37.4 Å². The summed E-state index contributed by atoms with van der Waals surface area (Å²) in [6, 6.07) is 14.7. The van der Waals surface area contributed by atoms with Crippen LogP contribution in [0.3, 0.4) is 0 Å². The van der Waals surface area contributed by atoms with E-state index in [1.165, 1.54) is 5.56 Å². The van der Waals surface area contributed by atoms with Crippen molar-refractivity contribution >= 4 is 29.0 Å². The molecule has 0 N–H and O–H groups in total. The number of ketones is 1. The number of carbonyl (C=O) groups excluding carboxylic acids is 2. The van der Waals surface area contributed by atoms with Gasteiger partial charge in [0, 0.05) is 35.7 Å². The molecule has 1 aliphatic heterocycles. The number of benzene rings is 2. The molecule has 0 bridgehead atoms. The van der Waals surface area contributed by atoms with Crippen LogP contribution in [0.15, 0.2) is 48.5 Å². The molecule has 4 heteroatoms. The van der Waals surface area contributed by atoms with Crippen molar-refractivity contribution in [1.29, 1.82) is 0 Å². The minimum Gasteiger partial charge on any atom is -0.312 e. The normalized spacial score (nSPS) is 13.0. The average molecular weight is 314 g/mol. The predicted octanol–water partition coefficient (Wildman–Crippen LogP) is 3.89. The van der Waals surface area contributed by atoms with Crippen LogP contribution < -0.4 is 4.90 Å². The van der Waals surface area contributed by atoms with E-state index in [1.54, 1.807) is 29.2 Å². The van der Waals surface area contributed by atoms with E-state index in [2.05, 4.69) is 0 Å². The zero-order chi connectivity index (χ0) is 15.5. The Bertz CT molecular complexity index is 709. The molecule has 22 heavy (non-hydrogen) atoms. The van der Waals surface area contributed by atoms with Gasteiger partial charge in [-0.3, -0.25) is 9.59 Å². The molecule has 2 aromatic carbocycles. The summed E-state index contributed by atoms with van der Waals surface area (Å²) in [5.74, 6) is -0.0234. The van der Waals surface area contributed by atoms with E-state index in [9.17, 15) is 9.59 Å². The Morgan fingerprint density at radius 1 is 1.00 bits per heavy atom. The first-order valence-electron chi connectivity index (χ1n) is 7.32. The second-order valence-corrected chi connectivity index (χ2v) is 5.79. The number of hydrogen-bond acceptors (Lipinski definition) is 2. The van der Waals surface area contributed by atoms with Crippen molar-refractivity contribution in [1.82, 2.24) is 0 Å². The standard InChI is InChI=1S/C18H16ClNO2/c19-15-7-5-14(6-8-15)17(21)9-10-18(22)20-12-11-13-3-1-2-4-16(13)20/h1-8H,9-12H2. The van der Waals surface area contributed by atoms with Gasteiger partial charge in [-0.1, -0.05) is 29.8 Å². The molecule has 3 rings (SSSR count). The van der Waals surface area contributed by atoms with Gasteiger partial charge in [0.15, 0.2) is 5.78 Å². The number of nitrogens with zero attached hydrogens (tertiary/aromatic N) is 1. The number of Topliss-reactive ketones (excluding diaryl/α,β-unsaturated/α-hetero) is 1. The van der Waals surface area contributed by atoms with Crippen LogP contribution in [0, 0.1) is 0 Å². The van der Waals surface area contributed by atoms with Crippen LogP contribution in [0.5, 0.6) is 0 Å². The lowest BCUT2D eigenvalue weighted by molar-refractivity contribution is -0.118. The number of para-hydroxylation sites is 1. The van der Waals surface area contributed by atoms with Gasteiger partial charge >= 0.3 is 0 Å². The van der Waals surface area contributed by atoms with Crippen molar-refractivity contribution in [3.8, 4) is 0 Å². The van der Waals surface area contributed by atoms with Gasteiger partial charge in [-0.2, -0.15) is 0 Å². The molecule has 0 unspecified atom stereocenters. The fourth-order valence-corrected chi connectivity index (χ4v) is 2.86. The number of fused-ring (bicyclic) bond motifs is 1. The summed E-state index contributed by atoms with van der Waals surface area (Å²) in [5, 5.41) is 0.598. The van der Waals surface area contributed by atoms with Crippen LogP contribution in [-0.2, 0) is 11.2 Å². The van der Waals surface area contributed by atoms with Gasteiger partial charge in [0.1, 0.15) is 0 Å². The van der Waals surface area contributed by atoms with Crippen LogP contribution in [0.1, 0.15) is 28.8 Å². The highest BCUT2D eigenvalue weighted by Gasteiger charge is 2.24. The van der Waals surface area contributed by atoms with Gasteiger partial charge in [0.2, 0.25) is 5.91 Å². The number of carbonyl (C=O) groups is 2. The van der Waals surface area contributed by atoms with E-state index >= 15 is 0 Å². The predicted molar refractivity (Wildman–Crippen MR) is 87.5 cm³/mol. The van der Waals surface area contributed by atoms with E-state index in [0.717, 1.165) is 12.1 Å². The first-order valence-corrected chi connectivity index (χ1v) is 7.70. The fraction of sp³-hybridized carbons (Fsp3) is 0.222. The number of halogens is 1. The Balaban J connectivity index is 1.61. The average Bonchev–Trinajstić information content (AvgIpc) is 2.97. The van der Waals surface area contributed by atoms with Crippen molar-refractivity contribution in [2.75, 3.05) is 11.4 Å². The minimum atomic E-state index is -0.0301. The number of amides is 1. The third-order valence-corrected chi connectivity index (χ3v) is 4.17. The van der Waals surface area contributed by atoms with Crippen molar-refractivity contribution < 1.29 is 9.59 Å². The van der Waals surface area contributed by atoms with Crippen molar-refractivity contribution in [2.45, 2.75) is 19.3 Å². The largest absolute Gasteiger partial charge is 0.312 e. The van der Waals surface area contributed by atoms with Gasteiger partial charge in [-0.05, 0) is 42.3 Å². The molecule has 1 heterocycles. The third-order valence-electron chi connectivity index (χ3n) is 3.92. The second kappa shape index (κ2) is 6.32. The monoisotopic (exact) mass is 313 g/mol. The summed E-state index contributed by atoms with van der Waals surface area (Å²) in [7, 11) is 0. The van der Waals surface area contributed by atoms with E-state index in [-0.39, 0.29) is 24.5 Å². The SMILES string of the molecule is O=C(CCC(=O)N1CCc2ccccc21)c1ccc(Cl)cc1. The third kappa shape index (κ3) is 3.04. The lowest BCUT2D eigenvalue weighted by Crippen LogP contribution is -2.29. The van der Waals surface area contributed by atoms with Crippen LogP contribution in [-0.4, -0.2) is 18.2 Å². The maximum Gasteiger partial charge on any atom is 0.227 e. The van der Waals surface area contributed by atoms with Crippen LogP contribution in [0.2, 0.25) is 5.02 Å². The highest BCUT2D eigenvalue weighted by Crippen LogP contribution is 2.28. The molecule has 0 fully saturated rings. The van der Waals surface area contributed by atoms with Gasteiger partial charge in [0.25, 0.3) is 0 Å². The molecular formula is C18H16ClNO2. The Hall–Kier alpha value is -2.13. The number of rotatable bonds is 4. The summed E-state index contributed by atoms with van der Waals surface area (Å²) in [5.41, 5.74) is 2.77. The summed E-state index contributed by atoms with van der Waals surface area (Å²) in [6.45, 7) is 0.702. The van der Waals surface area contributed by atoms with Crippen LogP contribution >= 0.6 is 11.6 Å². The summed E-state index contributed by atoms with van der Waals surface area (Å²) in [6.07, 6.45) is 1.34. The quantitative estimate of drug-likeness (QED) is 0.803. The van der Waals surface area contributed by atoms with Gasteiger partial charge < -0.3 is 4.90 Å². The first-order chi connectivity index (χ1) is 10.6. The lowest BCUT2D eigenvalue weighted by atomic mass is 10.1. The number of hydrogen-bond donors (Lipinski definition) is 0. The Morgan fingerprint density at radius 2 is 1.73 bits per heavy atom. The maximum absolute atomic E-state index is 12.4. The Labute approximate surface area is 134 Å². The van der Waals surface area contributed by atoms with Crippen molar-refractivity contribution in [2.24, 2.45) is 0 Å².